The quantitative estimate of drug-likeness (QED) is 0.589. The van der Waals surface area contributed by atoms with Crippen LogP contribution in [-0.2, 0) is 32.7 Å². The Morgan fingerprint density at radius 3 is 2.86 bits per heavy atom. The molecule has 2 aromatic rings. The molecule has 2 bridgehead atoms. The molecule has 0 fully saturated rings. The normalized spacial score (nSPS) is 21.2. The second-order valence-electron chi connectivity index (χ2n) is 8.95. The zero-order valence-corrected chi connectivity index (χ0v) is 21.5. The number of aromatic nitrogens is 3. The molecule has 1 aliphatic heterocycles. The highest BCUT2D eigenvalue weighted by molar-refractivity contribution is 7.89. The number of methoxy groups -OCH3 is 1. The van der Waals surface area contributed by atoms with E-state index in [9.17, 15) is 18.3 Å². The molecule has 3 atom stereocenters. The summed E-state index contributed by atoms with van der Waals surface area (Å²) in [5, 5.41) is 17.9. The molecule has 11 nitrogen and oxygen atoms in total. The molecule has 1 amide bonds. The SMILES string of the molecule is COc1cccc(S(=O)(=O)N(C)C[C@@H]2OCc3cn(nn3)CCCC(=O)N([C@@H](C)CO)C[C@H]2C)c1. The fourth-order valence-electron chi connectivity index (χ4n) is 3.99. The summed E-state index contributed by atoms with van der Waals surface area (Å²) in [6.45, 7) is 4.62. The Hall–Kier alpha value is -2.54. The van der Waals surface area contributed by atoms with E-state index in [0.717, 1.165) is 0 Å². The van der Waals surface area contributed by atoms with Crippen LogP contribution in [0.3, 0.4) is 0 Å². The lowest BCUT2D eigenvalue weighted by Crippen LogP contribution is -2.47. The van der Waals surface area contributed by atoms with Gasteiger partial charge in [-0.3, -0.25) is 9.48 Å². The molecule has 1 aromatic heterocycles. The van der Waals surface area contributed by atoms with Crippen molar-refractivity contribution in [2.75, 3.05) is 33.9 Å². The molecule has 35 heavy (non-hydrogen) atoms. The summed E-state index contributed by atoms with van der Waals surface area (Å²) in [5.74, 6) is 0.141. The maximum atomic E-state index is 13.3. The van der Waals surface area contributed by atoms with E-state index >= 15 is 0 Å². The Labute approximate surface area is 206 Å². The maximum Gasteiger partial charge on any atom is 0.243 e. The Kier molecular flexibility index (Phi) is 9.22. The summed E-state index contributed by atoms with van der Waals surface area (Å²) in [6.07, 6.45) is 2.13. The van der Waals surface area contributed by atoms with E-state index in [1.54, 1.807) is 34.8 Å². The van der Waals surface area contributed by atoms with Gasteiger partial charge >= 0.3 is 0 Å². The van der Waals surface area contributed by atoms with Crippen LogP contribution < -0.4 is 4.74 Å². The lowest BCUT2D eigenvalue weighted by molar-refractivity contribution is -0.136. The van der Waals surface area contributed by atoms with Crippen molar-refractivity contribution in [1.82, 2.24) is 24.2 Å². The number of aliphatic hydroxyl groups is 1. The van der Waals surface area contributed by atoms with Crippen molar-refractivity contribution in [3.8, 4) is 5.75 Å². The van der Waals surface area contributed by atoms with Crippen LogP contribution in [0.1, 0.15) is 32.4 Å². The first-order valence-electron chi connectivity index (χ1n) is 11.7. The average molecular weight is 510 g/mol. The number of nitrogens with zero attached hydrogens (tertiary/aromatic N) is 5. The van der Waals surface area contributed by atoms with E-state index in [0.29, 0.717) is 37.4 Å². The molecule has 12 heteroatoms. The van der Waals surface area contributed by atoms with Gasteiger partial charge in [0.1, 0.15) is 11.4 Å². The van der Waals surface area contributed by atoms with Gasteiger partial charge in [0.25, 0.3) is 0 Å². The first-order chi connectivity index (χ1) is 16.6. The molecular weight excluding hydrogens is 474 g/mol. The Morgan fingerprint density at radius 1 is 1.37 bits per heavy atom. The fourth-order valence-corrected chi connectivity index (χ4v) is 5.20. The number of ether oxygens (including phenoxy) is 2. The number of sulfonamides is 1. The lowest BCUT2D eigenvalue weighted by atomic mass is 10.0. The minimum atomic E-state index is -3.82. The predicted octanol–water partition coefficient (Wildman–Crippen LogP) is 1.13. The molecule has 2 heterocycles. The number of likely N-dealkylation sites (N-methyl/N-ethyl adjacent to an activating group) is 1. The van der Waals surface area contributed by atoms with E-state index < -0.39 is 16.1 Å². The van der Waals surface area contributed by atoms with Crippen LogP contribution in [0.4, 0.5) is 0 Å². The van der Waals surface area contributed by atoms with E-state index in [1.165, 1.54) is 30.6 Å². The smallest absolute Gasteiger partial charge is 0.243 e. The number of rotatable bonds is 7. The topological polar surface area (TPSA) is 127 Å². The molecule has 0 aliphatic carbocycles. The molecule has 0 radical (unpaired) electrons. The number of carbonyl (C=O) groups is 1. The van der Waals surface area contributed by atoms with Crippen molar-refractivity contribution in [3.05, 3.63) is 36.2 Å². The summed E-state index contributed by atoms with van der Waals surface area (Å²) in [4.78, 5) is 14.7. The van der Waals surface area contributed by atoms with E-state index in [-0.39, 0.29) is 42.5 Å². The Bertz CT molecular complexity index is 1090. The van der Waals surface area contributed by atoms with Gasteiger partial charge in [-0.1, -0.05) is 18.2 Å². The van der Waals surface area contributed by atoms with Gasteiger partial charge in [0, 0.05) is 45.1 Å². The van der Waals surface area contributed by atoms with Gasteiger partial charge < -0.3 is 19.5 Å². The van der Waals surface area contributed by atoms with Gasteiger partial charge in [-0.2, -0.15) is 4.31 Å². The van der Waals surface area contributed by atoms with Gasteiger partial charge in [-0.15, -0.1) is 5.10 Å². The number of aryl methyl sites for hydroxylation is 1. The third kappa shape index (κ3) is 6.78. The van der Waals surface area contributed by atoms with Crippen molar-refractivity contribution in [1.29, 1.82) is 0 Å². The monoisotopic (exact) mass is 509 g/mol. The summed E-state index contributed by atoms with van der Waals surface area (Å²) < 4.78 is 40.8. The van der Waals surface area contributed by atoms with Gasteiger partial charge in [0.15, 0.2) is 0 Å². The lowest BCUT2D eigenvalue weighted by Gasteiger charge is -2.35. The minimum Gasteiger partial charge on any atom is -0.497 e. The van der Waals surface area contributed by atoms with Crippen LogP contribution in [0.2, 0.25) is 0 Å². The molecule has 0 saturated heterocycles. The Morgan fingerprint density at radius 2 is 2.14 bits per heavy atom. The largest absolute Gasteiger partial charge is 0.497 e. The van der Waals surface area contributed by atoms with Crippen LogP contribution >= 0.6 is 0 Å². The van der Waals surface area contributed by atoms with E-state index in [2.05, 4.69) is 10.3 Å². The first-order valence-corrected chi connectivity index (χ1v) is 13.1. The van der Waals surface area contributed by atoms with Crippen molar-refractivity contribution in [2.45, 2.75) is 56.9 Å². The average Bonchev–Trinajstić information content (AvgIpc) is 3.31. The molecule has 0 spiro atoms. The van der Waals surface area contributed by atoms with Gasteiger partial charge in [-0.25, -0.2) is 8.42 Å². The molecule has 0 unspecified atom stereocenters. The molecule has 1 N–H and O–H groups in total. The van der Waals surface area contributed by atoms with Crippen LogP contribution in [-0.4, -0.2) is 89.6 Å². The van der Waals surface area contributed by atoms with Crippen LogP contribution in [0.15, 0.2) is 35.4 Å². The summed E-state index contributed by atoms with van der Waals surface area (Å²) in [7, 11) is -0.836. The highest BCUT2D eigenvalue weighted by Gasteiger charge is 2.31. The number of hydrogen-bond acceptors (Lipinski definition) is 8. The summed E-state index contributed by atoms with van der Waals surface area (Å²) >= 11 is 0. The molecule has 1 aliphatic rings. The zero-order valence-electron chi connectivity index (χ0n) is 20.7. The molecular formula is C23H35N5O6S. The van der Waals surface area contributed by atoms with Crippen molar-refractivity contribution >= 4 is 15.9 Å². The zero-order chi connectivity index (χ0) is 25.6. The Balaban J connectivity index is 1.86. The maximum absolute atomic E-state index is 13.3. The third-order valence-electron chi connectivity index (χ3n) is 6.23. The van der Waals surface area contributed by atoms with Crippen LogP contribution in [0, 0.1) is 5.92 Å². The van der Waals surface area contributed by atoms with Crippen molar-refractivity contribution in [2.24, 2.45) is 5.92 Å². The highest BCUT2D eigenvalue weighted by atomic mass is 32.2. The molecule has 194 valence electrons. The second kappa shape index (κ2) is 11.9. The van der Waals surface area contributed by atoms with Crippen molar-refractivity contribution < 1.29 is 27.8 Å². The van der Waals surface area contributed by atoms with Gasteiger partial charge in [0.05, 0.1) is 43.6 Å². The number of aliphatic hydroxyl groups excluding tert-OH is 1. The standard InChI is InChI=1S/C23H35N5O6S/c1-17-12-28(18(2)15-29)23(30)9-6-10-27-13-19(24-25-27)16-34-22(17)14-26(3)35(31,32)21-8-5-7-20(11-21)33-4/h5,7-8,11,13,17-18,22,29H,6,9-10,12,14-16H2,1-4H3/t17-,18+,22+/m1/s1. The highest BCUT2D eigenvalue weighted by Crippen LogP contribution is 2.23. The number of carbonyl (C=O) groups excluding carboxylic acids is 1. The van der Waals surface area contributed by atoms with E-state index in [1.807, 2.05) is 6.92 Å². The predicted molar refractivity (Wildman–Crippen MR) is 128 cm³/mol. The number of hydrogen-bond donors (Lipinski definition) is 1. The number of benzene rings is 1. The summed E-state index contributed by atoms with van der Waals surface area (Å²) in [5.41, 5.74) is 0.631. The minimum absolute atomic E-state index is 0.0599. The van der Waals surface area contributed by atoms with Crippen LogP contribution in [0.5, 0.6) is 5.75 Å². The summed E-state index contributed by atoms with van der Waals surface area (Å²) in [6, 6.07) is 5.93. The molecule has 1 aromatic carbocycles. The number of fused-ring (bicyclic) bond motifs is 2. The van der Waals surface area contributed by atoms with Gasteiger partial charge in [-0.05, 0) is 25.5 Å². The van der Waals surface area contributed by atoms with E-state index in [4.69, 9.17) is 9.47 Å². The van der Waals surface area contributed by atoms with Crippen LogP contribution in [0.25, 0.3) is 0 Å². The first kappa shape index (κ1) is 27.1. The molecule has 0 saturated carbocycles. The molecule has 3 rings (SSSR count). The second-order valence-corrected chi connectivity index (χ2v) is 11.0. The third-order valence-corrected chi connectivity index (χ3v) is 8.05. The van der Waals surface area contributed by atoms with Crippen molar-refractivity contribution in [3.63, 3.8) is 0 Å². The number of amides is 1. The van der Waals surface area contributed by atoms with Gasteiger partial charge in [0.2, 0.25) is 15.9 Å². The fraction of sp³-hybridized carbons (Fsp3) is 0.609.